The third-order valence-corrected chi connectivity index (χ3v) is 3.90. The summed E-state index contributed by atoms with van der Waals surface area (Å²) in [5.41, 5.74) is 1.97. The molecule has 0 amide bonds. The van der Waals surface area contributed by atoms with E-state index in [1.54, 1.807) is 6.07 Å². The summed E-state index contributed by atoms with van der Waals surface area (Å²) in [7, 11) is 1.35. The Hall–Kier alpha value is -2.30. The number of nitrogens with one attached hydrogen (secondary N) is 1. The summed E-state index contributed by atoms with van der Waals surface area (Å²) in [5, 5.41) is 6.81. The lowest BCUT2D eigenvalue weighted by molar-refractivity contribution is 0.0594. The molecular weight excluding hydrogens is 304 g/mol. The summed E-state index contributed by atoms with van der Waals surface area (Å²) in [6.07, 6.45) is 7.53. The molecule has 0 aliphatic heterocycles. The van der Waals surface area contributed by atoms with Gasteiger partial charge in [-0.1, -0.05) is 39.0 Å². The second-order valence-electron chi connectivity index (χ2n) is 5.80. The molecule has 0 saturated heterocycles. The molecule has 2 rings (SSSR count). The lowest BCUT2D eigenvalue weighted by Crippen LogP contribution is -2.00. The number of ether oxygens (including phenoxy) is 2. The predicted molar refractivity (Wildman–Crippen MR) is 94.2 cm³/mol. The monoisotopic (exact) mass is 330 g/mol. The minimum Gasteiger partial charge on any atom is -0.494 e. The molecule has 2 aromatic rings. The highest BCUT2D eigenvalue weighted by Crippen LogP contribution is 2.21. The molecule has 1 N–H and O–H groups in total. The molecule has 5 nitrogen and oxygen atoms in total. The number of unbranched alkanes of at least 4 members (excludes halogenated alkanes) is 5. The van der Waals surface area contributed by atoms with E-state index in [9.17, 15) is 4.79 Å². The van der Waals surface area contributed by atoms with Crippen molar-refractivity contribution in [2.75, 3.05) is 13.7 Å². The van der Waals surface area contributed by atoms with Crippen molar-refractivity contribution in [1.82, 2.24) is 10.2 Å². The number of aromatic amines is 1. The van der Waals surface area contributed by atoms with Crippen molar-refractivity contribution < 1.29 is 14.3 Å². The predicted octanol–water partition coefficient (Wildman–Crippen LogP) is 4.60. The number of H-pyrrole nitrogens is 1. The number of benzene rings is 1. The molecule has 5 heteroatoms. The quantitative estimate of drug-likeness (QED) is 0.510. The van der Waals surface area contributed by atoms with Crippen molar-refractivity contribution in [3.05, 3.63) is 36.0 Å². The molecule has 0 aliphatic rings. The molecule has 1 aromatic heterocycles. The van der Waals surface area contributed by atoms with Gasteiger partial charge in [0.25, 0.3) is 0 Å². The van der Waals surface area contributed by atoms with Crippen molar-refractivity contribution in [1.29, 1.82) is 0 Å². The van der Waals surface area contributed by atoms with Crippen LogP contribution in [0.25, 0.3) is 11.3 Å². The molecule has 0 radical (unpaired) electrons. The lowest BCUT2D eigenvalue weighted by Gasteiger charge is -2.06. The van der Waals surface area contributed by atoms with Gasteiger partial charge in [0.05, 0.1) is 19.4 Å². The maximum atomic E-state index is 11.4. The average molecular weight is 330 g/mol. The number of esters is 1. The molecule has 0 spiro atoms. The Morgan fingerprint density at radius 1 is 1.08 bits per heavy atom. The third-order valence-electron chi connectivity index (χ3n) is 3.90. The Bertz CT molecular complexity index is 620. The van der Waals surface area contributed by atoms with Gasteiger partial charge >= 0.3 is 5.97 Å². The van der Waals surface area contributed by atoms with Crippen LogP contribution in [0.15, 0.2) is 30.3 Å². The number of nitrogens with zero attached hydrogens (tertiary/aromatic N) is 1. The Morgan fingerprint density at radius 3 is 2.50 bits per heavy atom. The molecule has 24 heavy (non-hydrogen) atoms. The van der Waals surface area contributed by atoms with Crippen LogP contribution in [0.5, 0.6) is 5.75 Å². The fourth-order valence-electron chi connectivity index (χ4n) is 2.48. The van der Waals surface area contributed by atoms with Crippen molar-refractivity contribution >= 4 is 5.97 Å². The van der Waals surface area contributed by atoms with Crippen LogP contribution in [0.3, 0.4) is 0 Å². The van der Waals surface area contributed by atoms with E-state index in [2.05, 4.69) is 21.9 Å². The van der Waals surface area contributed by atoms with Gasteiger partial charge in [0.2, 0.25) is 0 Å². The van der Waals surface area contributed by atoms with Gasteiger partial charge in [-0.3, -0.25) is 5.10 Å². The second-order valence-corrected chi connectivity index (χ2v) is 5.80. The van der Waals surface area contributed by atoms with E-state index in [4.69, 9.17) is 4.74 Å². The van der Waals surface area contributed by atoms with Gasteiger partial charge in [-0.15, -0.1) is 0 Å². The summed E-state index contributed by atoms with van der Waals surface area (Å²) < 4.78 is 10.4. The fraction of sp³-hybridized carbons (Fsp3) is 0.474. The van der Waals surface area contributed by atoms with E-state index < -0.39 is 5.97 Å². The van der Waals surface area contributed by atoms with Crippen LogP contribution in [-0.2, 0) is 4.74 Å². The first-order valence-corrected chi connectivity index (χ1v) is 8.61. The van der Waals surface area contributed by atoms with Crippen LogP contribution < -0.4 is 4.74 Å². The molecule has 130 valence electrons. The van der Waals surface area contributed by atoms with Crippen molar-refractivity contribution in [3.8, 4) is 17.0 Å². The van der Waals surface area contributed by atoms with E-state index in [1.807, 2.05) is 24.3 Å². The van der Waals surface area contributed by atoms with Gasteiger partial charge < -0.3 is 9.47 Å². The van der Waals surface area contributed by atoms with Crippen molar-refractivity contribution in [2.45, 2.75) is 45.4 Å². The number of aromatic nitrogens is 2. The standard InChI is InChI=1S/C19H26N2O3/c1-3-4-5-6-7-8-13-24-16-11-9-15(10-12-16)17-14-18(21-20-17)19(22)23-2/h9-12,14H,3-8,13H2,1-2H3,(H,20,21). The molecule has 0 aliphatic carbocycles. The number of methoxy groups -OCH3 is 1. The Morgan fingerprint density at radius 2 is 1.79 bits per heavy atom. The van der Waals surface area contributed by atoms with E-state index >= 15 is 0 Å². The zero-order valence-corrected chi connectivity index (χ0v) is 14.5. The Kier molecular flexibility index (Phi) is 7.33. The van der Waals surface area contributed by atoms with Crippen LogP contribution in [0, 0.1) is 0 Å². The average Bonchev–Trinajstić information content (AvgIpc) is 3.11. The minimum absolute atomic E-state index is 0.343. The summed E-state index contributed by atoms with van der Waals surface area (Å²) in [6.45, 7) is 2.98. The molecule has 0 unspecified atom stereocenters. The summed E-state index contributed by atoms with van der Waals surface area (Å²) >= 11 is 0. The van der Waals surface area contributed by atoms with Gasteiger partial charge in [0, 0.05) is 5.56 Å². The maximum Gasteiger partial charge on any atom is 0.356 e. The first-order chi connectivity index (χ1) is 11.7. The van der Waals surface area contributed by atoms with Crippen molar-refractivity contribution in [2.24, 2.45) is 0 Å². The molecular formula is C19H26N2O3. The SMILES string of the molecule is CCCCCCCCOc1ccc(-c2cc(C(=O)OC)[nH]n2)cc1. The van der Waals surface area contributed by atoms with Crippen LogP contribution >= 0.6 is 0 Å². The van der Waals surface area contributed by atoms with Crippen molar-refractivity contribution in [3.63, 3.8) is 0 Å². The van der Waals surface area contributed by atoms with Crippen LogP contribution in [0.1, 0.15) is 55.9 Å². The van der Waals surface area contributed by atoms with E-state index in [1.165, 1.54) is 39.2 Å². The number of rotatable bonds is 10. The van der Waals surface area contributed by atoms with Gasteiger partial charge in [0.15, 0.2) is 0 Å². The molecule has 1 heterocycles. The zero-order chi connectivity index (χ0) is 17.2. The third kappa shape index (κ3) is 5.41. The Balaban J connectivity index is 1.78. The normalized spacial score (nSPS) is 10.6. The number of carbonyl (C=O) groups excluding carboxylic acids is 1. The topological polar surface area (TPSA) is 64.2 Å². The van der Waals surface area contributed by atoms with Crippen LogP contribution in [0.2, 0.25) is 0 Å². The number of hydrogen-bond donors (Lipinski definition) is 1. The van der Waals surface area contributed by atoms with Gasteiger partial charge in [0.1, 0.15) is 11.4 Å². The number of carbonyl (C=O) groups is 1. The van der Waals surface area contributed by atoms with Gasteiger partial charge in [-0.05, 0) is 36.8 Å². The molecule has 0 bridgehead atoms. The zero-order valence-electron chi connectivity index (χ0n) is 14.5. The highest BCUT2D eigenvalue weighted by Gasteiger charge is 2.10. The van der Waals surface area contributed by atoms with E-state index in [0.29, 0.717) is 11.4 Å². The highest BCUT2D eigenvalue weighted by atomic mass is 16.5. The summed E-state index contributed by atoms with van der Waals surface area (Å²) in [4.78, 5) is 11.4. The highest BCUT2D eigenvalue weighted by molar-refractivity contribution is 5.88. The smallest absolute Gasteiger partial charge is 0.356 e. The van der Waals surface area contributed by atoms with E-state index in [-0.39, 0.29) is 0 Å². The molecule has 0 atom stereocenters. The Labute approximate surface area is 143 Å². The van der Waals surface area contributed by atoms with Gasteiger partial charge in [-0.25, -0.2) is 4.79 Å². The minimum atomic E-state index is -0.423. The van der Waals surface area contributed by atoms with E-state index in [0.717, 1.165) is 24.3 Å². The number of hydrogen-bond acceptors (Lipinski definition) is 4. The summed E-state index contributed by atoms with van der Waals surface area (Å²) in [5.74, 6) is 0.434. The first-order valence-electron chi connectivity index (χ1n) is 8.61. The van der Waals surface area contributed by atoms with Crippen LogP contribution in [-0.4, -0.2) is 29.9 Å². The molecule has 1 aromatic carbocycles. The van der Waals surface area contributed by atoms with Gasteiger partial charge in [-0.2, -0.15) is 5.10 Å². The van der Waals surface area contributed by atoms with Crippen LogP contribution in [0.4, 0.5) is 0 Å². The maximum absolute atomic E-state index is 11.4. The fourth-order valence-corrected chi connectivity index (χ4v) is 2.48. The largest absolute Gasteiger partial charge is 0.494 e. The molecule has 0 saturated carbocycles. The lowest BCUT2D eigenvalue weighted by atomic mass is 10.1. The second kappa shape index (κ2) is 9.75. The molecule has 0 fully saturated rings. The first kappa shape index (κ1) is 18.0. The summed E-state index contributed by atoms with van der Waals surface area (Å²) in [6, 6.07) is 9.41.